The number of carbonyl (C=O) groups is 1. The molecular formula is C11H15N3O2. The van der Waals surface area contributed by atoms with Crippen LogP contribution >= 0.6 is 0 Å². The molecule has 2 rings (SSSR count). The maximum absolute atomic E-state index is 11.9. The van der Waals surface area contributed by atoms with E-state index >= 15 is 0 Å². The van der Waals surface area contributed by atoms with Crippen molar-refractivity contribution in [2.45, 2.75) is 6.04 Å². The van der Waals surface area contributed by atoms with Crippen LogP contribution in [0.25, 0.3) is 0 Å². The van der Waals surface area contributed by atoms with Crippen LogP contribution in [0.15, 0.2) is 24.4 Å². The molecule has 2 unspecified atom stereocenters. The molecule has 1 amide bonds. The monoisotopic (exact) mass is 221 g/mol. The van der Waals surface area contributed by atoms with Gasteiger partial charge in [0.1, 0.15) is 5.82 Å². The molecular weight excluding hydrogens is 206 g/mol. The molecule has 0 radical (unpaired) electrons. The summed E-state index contributed by atoms with van der Waals surface area (Å²) in [4.78, 5) is 16.0. The zero-order chi connectivity index (χ0) is 11.4. The third-order valence-corrected chi connectivity index (χ3v) is 2.70. The molecule has 1 aliphatic heterocycles. The van der Waals surface area contributed by atoms with Gasteiger partial charge in [0, 0.05) is 12.2 Å². The Morgan fingerprint density at radius 2 is 2.38 bits per heavy atom. The zero-order valence-electron chi connectivity index (χ0n) is 9.14. The fourth-order valence-electron chi connectivity index (χ4n) is 1.75. The number of ether oxygens (including phenoxy) is 1. The molecule has 1 fully saturated rings. The number of aromatic nitrogens is 1. The highest BCUT2D eigenvalue weighted by Crippen LogP contribution is 2.15. The van der Waals surface area contributed by atoms with Gasteiger partial charge >= 0.3 is 0 Å². The largest absolute Gasteiger partial charge is 0.379 e. The third kappa shape index (κ3) is 2.37. The van der Waals surface area contributed by atoms with E-state index in [2.05, 4.69) is 15.6 Å². The molecule has 1 aromatic heterocycles. The normalized spacial score (nSPS) is 24.3. The lowest BCUT2D eigenvalue weighted by atomic mass is 10.0. The van der Waals surface area contributed by atoms with Crippen molar-refractivity contribution >= 4 is 11.7 Å². The highest BCUT2D eigenvalue weighted by atomic mass is 16.5. The molecule has 2 atom stereocenters. The third-order valence-electron chi connectivity index (χ3n) is 2.70. The van der Waals surface area contributed by atoms with E-state index in [-0.39, 0.29) is 17.9 Å². The van der Waals surface area contributed by atoms with Gasteiger partial charge in [0.2, 0.25) is 5.91 Å². The molecule has 0 spiro atoms. The Labute approximate surface area is 94.2 Å². The lowest BCUT2D eigenvalue weighted by molar-refractivity contribution is -0.120. The lowest BCUT2D eigenvalue weighted by Crippen LogP contribution is -2.39. The number of hydrogen-bond acceptors (Lipinski definition) is 4. The Morgan fingerprint density at radius 3 is 3.06 bits per heavy atom. The summed E-state index contributed by atoms with van der Waals surface area (Å²) in [5.41, 5.74) is 0. The molecule has 1 aliphatic rings. The van der Waals surface area contributed by atoms with Crippen LogP contribution in [0.4, 0.5) is 5.82 Å². The highest BCUT2D eigenvalue weighted by Gasteiger charge is 2.32. The SMILES string of the molecule is CNC1COCC1C(=O)Nc1ccccn1. The van der Waals surface area contributed by atoms with E-state index in [1.54, 1.807) is 12.3 Å². The lowest BCUT2D eigenvalue weighted by Gasteiger charge is -2.15. The van der Waals surface area contributed by atoms with Gasteiger partial charge < -0.3 is 15.4 Å². The van der Waals surface area contributed by atoms with Crippen LogP contribution in [0.5, 0.6) is 0 Å². The first-order valence-electron chi connectivity index (χ1n) is 5.28. The molecule has 16 heavy (non-hydrogen) atoms. The van der Waals surface area contributed by atoms with Crippen molar-refractivity contribution in [1.29, 1.82) is 0 Å². The number of pyridine rings is 1. The van der Waals surface area contributed by atoms with Crippen molar-refractivity contribution in [1.82, 2.24) is 10.3 Å². The Hall–Kier alpha value is -1.46. The highest BCUT2D eigenvalue weighted by molar-refractivity contribution is 5.92. The summed E-state index contributed by atoms with van der Waals surface area (Å²) in [5, 5.41) is 5.85. The Kier molecular flexibility index (Phi) is 3.48. The fourth-order valence-corrected chi connectivity index (χ4v) is 1.75. The number of likely N-dealkylation sites (N-methyl/N-ethyl adjacent to an activating group) is 1. The fraction of sp³-hybridized carbons (Fsp3) is 0.455. The van der Waals surface area contributed by atoms with Crippen LogP contribution in [-0.2, 0) is 9.53 Å². The van der Waals surface area contributed by atoms with E-state index < -0.39 is 0 Å². The van der Waals surface area contributed by atoms with Crippen LogP contribution in [0.3, 0.4) is 0 Å². The van der Waals surface area contributed by atoms with Crippen molar-refractivity contribution in [3.63, 3.8) is 0 Å². The standard InChI is InChI=1S/C11H15N3O2/c1-12-9-7-16-6-8(9)11(15)14-10-4-2-3-5-13-10/h2-5,8-9,12H,6-7H2,1H3,(H,13,14,15). The zero-order valence-corrected chi connectivity index (χ0v) is 9.14. The van der Waals surface area contributed by atoms with Gasteiger partial charge in [0.15, 0.2) is 0 Å². The van der Waals surface area contributed by atoms with E-state index in [9.17, 15) is 4.79 Å². The first-order chi connectivity index (χ1) is 7.81. The van der Waals surface area contributed by atoms with E-state index in [1.165, 1.54) is 0 Å². The van der Waals surface area contributed by atoms with Gasteiger partial charge in [-0.3, -0.25) is 4.79 Å². The molecule has 0 aliphatic carbocycles. The summed E-state index contributed by atoms with van der Waals surface area (Å²) in [6, 6.07) is 5.50. The summed E-state index contributed by atoms with van der Waals surface area (Å²) in [5.74, 6) is 0.386. The smallest absolute Gasteiger partial charge is 0.232 e. The second kappa shape index (κ2) is 5.05. The van der Waals surface area contributed by atoms with Gasteiger partial charge in [-0.15, -0.1) is 0 Å². The van der Waals surface area contributed by atoms with E-state index in [0.717, 1.165) is 0 Å². The van der Waals surface area contributed by atoms with Crippen molar-refractivity contribution in [3.8, 4) is 0 Å². The first kappa shape index (κ1) is 11.0. The molecule has 1 saturated heterocycles. The second-order valence-corrected chi connectivity index (χ2v) is 3.74. The van der Waals surface area contributed by atoms with Crippen LogP contribution < -0.4 is 10.6 Å². The molecule has 2 N–H and O–H groups in total. The Morgan fingerprint density at radius 1 is 1.50 bits per heavy atom. The van der Waals surface area contributed by atoms with E-state index in [4.69, 9.17) is 4.74 Å². The van der Waals surface area contributed by atoms with Gasteiger partial charge in [-0.1, -0.05) is 6.07 Å². The molecule has 2 heterocycles. The van der Waals surface area contributed by atoms with Crippen LogP contribution in [0, 0.1) is 5.92 Å². The van der Waals surface area contributed by atoms with Gasteiger partial charge in [0.05, 0.1) is 19.1 Å². The van der Waals surface area contributed by atoms with E-state index in [0.29, 0.717) is 19.0 Å². The van der Waals surface area contributed by atoms with Crippen LogP contribution in [-0.4, -0.2) is 37.2 Å². The number of hydrogen-bond donors (Lipinski definition) is 2. The predicted octanol–water partition coefficient (Wildman–Crippen LogP) is 0.254. The van der Waals surface area contributed by atoms with Gasteiger partial charge in [-0.25, -0.2) is 4.98 Å². The summed E-state index contributed by atoms with van der Waals surface area (Å²) < 4.78 is 5.28. The average Bonchev–Trinajstić information content (AvgIpc) is 2.78. The maximum Gasteiger partial charge on any atom is 0.232 e. The molecule has 86 valence electrons. The molecule has 5 nitrogen and oxygen atoms in total. The van der Waals surface area contributed by atoms with Crippen LogP contribution in [0.2, 0.25) is 0 Å². The number of nitrogens with zero attached hydrogens (tertiary/aromatic N) is 1. The number of amides is 1. The number of anilines is 1. The molecule has 1 aromatic rings. The summed E-state index contributed by atoms with van der Waals surface area (Å²) in [6.07, 6.45) is 1.65. The minimum absolute atomic E-state index is 0.0458. The van der Waals surface area contributed by atoms with Crippen LogP contribution in [0.1, 0.15) is 0 Å². The van der Waals surface area contributed by atoms with E-state index in [1.807, 2.05) is 19.2 Å². The Balaban J connectivity index is 1.98. The van der Waals surface area contributed by atoms with Crippen molar-refractivity contribution in [2.24, 2.45) is 5.92 Å². The summed E-state index contributed by atoms with van der Waals surface area (Å²) >= 11 is 0. The molecule has 5 heteroatoms. The predicted molar refractivity (Wildman–Crippen MR) is 60.0 cm³/mol. The summed E-state index contributed by atoms with van der Waals surface area (Å²) in [6.45, 7) is 1.04. The Bertz CT molecular complexity index is 356. The molecule has 0 saturated carbocycles. The minimum Gasteiger partial charge on any atom is -0.379 e. The van der Waals surface area contributed by atoms with Gasteiger partial charge in [-0.2, -0.15) is 0 Å². The average molecular weight is 221 g/mol. The van der Waals surface area contributed by atoms with Crippen molar-refractivity contribution in [2.75, 3.05) is 25.6 Å². The maximum atomic E-state index is 11.9. The van der Waals surface area contributed by atoms with Crippen molar-refractivity contribution in [3.05, 3.63) is 24.4 Å². The second-order valence-electron chi connectivity index (χ2n) is 3.74. The number of carbonyl (C=O) groups excluding carboxylic acids is 1. The van der Waals surface area contributed by atoms with Gasteiger partial charge in [0.25, 0.3) is 0 Å². The minimum atomic E-state index is -0.146. The molecule has 0 bridgehead atoms. The van der Waals surface area contributed by atoms with Crippen molar-refractivity contribution < 1.29 is 9.53 Å². The number of rotatable bonds is 3. The first-order valence-corrected chi connectivity index (χ1v) is 5.28. The quantitative estimate of drug-likeness (QED) is 0.768. The number of nitrogens with one attached hydrogen (secondary N) is 2. The summed E-state index contributed by atoms with van der Waals surface area (Å²) in [7, 11) is 1.83. The molecule has 0 aromatic carbocycles. The van der Waals surface area contributed by atoms with Gasteiger partial charge in [-0.05, 0) is 19.2 Å². The topological polar surface area (TPSA) is 63.2 Å².